The Morgan fingerprint density at radius 2 is 1.89 bits per heavy atom. The zero-order chi connectivity index (χ0) is 14.5. The number of carbonyl (C=O) groups is 1. The molecule has 0 atom stereocenters. The highest BCUT2D eigenvalue weighted by Crippen LogP contribution is 2.12. The Morgan fingerprint density at radius 3 is 2.37 bits per heavy atom. The van der Waals surface area contributed by atoms with E-state index < -0.39 is 5.60 Å². The molecule has 4 nitrogen and oxygen atoms in total. The molecule has 4 heteroatoms. The summed E-state index contributed by atoms with van der Waals surface area (Å²) in [6, 6.07) is 0.248. The van der Waals surface area contributed by atoms with Crippen LogP contribution in [0, 0.1) is 0 Å². The van der Waals surface area contributed by atoms with Gasteiger partial charge in [-0.25, -0.2) is 4.79 Å². The van der Waals surface area contributed by atoms with Gasteiger partial charge in [-0.15, -0.1) is 0 Å². The lowest BCUT2D eigenvalue weighted by atomic mass is 10.1. The minimum atomic E-state index is -0.422. The van der Waals surface area contributed by atoms with Gasteiger partial charge in [-0.05, 0) is 47.5 Å². The molecular formula is C15H28N2O2. The highest BCUT2D eigenvalue weighted by molar-refractivity contribution is 5.68. The van der Waals surface area contributed by atoms with Crippen LogP contribution in [0.1, 0.15) is 47.5 Å². The van der Waals surface area contributed by atoms with E-state index in [4.69, 9.17) is 4.74 Å². The molecule has 0 saturated carbocycles. The minimum Gasteiger partial charge on any atom is -0.444 e. The van der Waals surface area contributed by atoms with Crippen LogP contribution in [0.4, 0.5) is 4.79 Å². The number of alkyl carbamates (subject to hydrolysis) is 1. The Morgan fingerprint density at radius 1 is 1.32 bits per heavy atom. The van der Waals surface area contributed by atoms with E-state index in [0.717, 1.165) is 32.5 Å². The van der Waals surface area contributed by atoms with Gasteiger partial charge in [0.05, 0.1) is 0 Å². The second-order valence-corrected chi connectivity index (χ2v) is 6.50. The number of rotatable bonds is 3. The third-order valence-electron chi connectivity index (χ3n) is 3.07. The third-order valence-corrected chi connectivity index (χ3v) is 3.07. The summed E-state index contributed by atoms with van der Waals surface area (Å²) in [4.78, 5) is 14.1. The molecule has 1 amide bonds. The van der Waals surface area contributed by atoms with Crippen molar-refractivity contribution in [3.63, 3.8) is 0 Å². The maximum absolute atomic E-state index is 11.7. The summed E-state index contributed by atoms with van der Waals surface area (Å²) in [5.41, 5.74) is 0.933. The lowest BCUT2D eigenvalue weighted by Gasteiger charge is -2.32. The molecule has 1 aliphatic rings. The highest BCUT2D eigenvalue weighted by atomic mass is 16.6. The molecule has 0 unspecified atom stereocenters. The average Bonchev–Trinajstić information content (AvgIpc) is 2.25. The van der Waals surface area contributed by atoms with Crippen LogP contribution in [0.15, 0.2) is 11.6 Å². The summed E-state index contributed by atoms with van der Waals surface area (Å²) in [5, 5.41) is 2.96. The number of carbonyl (C=O) groups excluding carboxylic acids is 1. The number of likely N-dealkylation sites (tertiary alicyclic amines) is 1. The van der Waals surface area contributed by atoms with Crippen molar-refractivity contribution >= 4 is 6.09 Å². The maximum atomic E-state index is 11.7. The molecule has 0 radical (unpaired) electrons. The molecule has 0 aromatic rings. The van der Waals surface area contributed by atoms with Crippen LogP contribution in [0.5, 0.6) is 0 Å². The fourth-order valence-corrected chi connectivity index (χ4v) is 2.05. The van der Waals surface area contributed by atoms with Crippen molar-refractivity contribution in [1.82, 2.24) is 10.2 Å². The quantitative estimate of drug-likeness (QED) is 0.800. The average molecular weight is 268 g/mol. The van der Waals surface area contributed by atoms with Gasteiger partial charge in [0.25, 0.3) is 0 Å². The molecule has 0 spiro atoms. The van der Waals surface area contributed by atoms with Crippen molar-refractivity contribution in [2.75, 3.05) is 19.6 Å². The number of hydrogen-bond donors (Lipinski definition) is 1. The van der Waals surface area contributed by atoms with E-state index in [-0.39, 0.29) is 12.1 Å². The van der Waals surface area contributed by atoms with Gasteiger partial charge >= 0.3 is 6.09 Å². The van der Waals surface area contributed by atoms with Gasteiger partial charge < -0.3 is 10.1 Å². The molecular weight excluding hydrogens is 240 g/mol. The van der Waals surface area contributed by atoms with Crippen LogP contribution in [0.3, 0.4) is 0 Å². The van der Waals surface area contributed by atoms with Crippen LogP contribution in [0.2, 0.25) is 0 Å². The third kappa shape index (κ3) is 7.21. The Bertz CT molecular complexity index is 320. The predicted molar refractivity (Wildman–Crippen MR) is 78.3 cm³/mol. The summed E-state index contributed by atoms with van der Waals surface area (Å²) >= 11 is 0. The van der Waals surface area contributed by atoms with Crippen molar-refractivity contribution < 1.29 is 9.53 Å². The van der Waals surface area contributed by atoms with Gasteiger partial charge in [0.15, 0.2) is 0 Å². The first kappa shape index (κ1) is 16.0. The number of hydrogen-bond acceptors (Lipinski definition) is 3. The molecule has 1 aliphatic heterocycles. The number of amides is 1. The first-order chi connectivity index (χ1) is 8.76. The molecule has 1 rings (SSSR count). The van der Waals surface area contributed by atoms with E-state index in [1.165, 1.54) is 5.57 Å². The number of allylic oxidation sites excluding steroid dienone is 1. The number of nitrogens with one attached hydrogen (secondary N) is 1. The van der Waals surface area contributed by atoms with Crippen LogP contribution in [-0.2, 0) is 4.74 Å². The van der Waals surface area contributed by atoms with Gasteiger partial charge in [0, 0.05) is 25.7 Å². The monoisotopic (exact) mass is 268 g/mol. The SMILES string of the molecule is CC(C)=CCN1CCC(NC(=O)OC(C)(C)C)CC1. The predicted octanol–water partition coefficient (Wildman–Crippen LogP) is 2.94. The molecule has 1 fully saturated rings. The smallest absolute Gasteiger partial charge is 0.407 e. The van der Waals surface area contributed by atoms with Gasteiger partial charge in [0.1, 0.15) is 5.60 Å². The van der Waals surface area contributed by atoms with E-state index in [0.29, 0.717) is 0 Å². The van der Waals surface area contributed by atoms with Crippen LogP contribution in [-0.4, -0.2) is 42.3 Å². The molecule has 0 aromatic carbocycles. The van der Waals surface area contributed by atoms with Crippen molar-refractivity contribution in [2.45, 2.75) is 59.1 Å². The number of ether oxygens (including phenoxy) is 1. The molecule has 1 heterocycles. The standard InChI is InChI=1S/C15H28N2O2/c1-12(2)6-9-17-10-7-13(8-11-17)16-14(18)19-15(3,4)5/h6,13H,7-11H2,1-5H3,(H,16,18). The van der Waals surface area contributed by atoms with Crippen LogP contribution >= 0.6 is 0 Å². The first-order valence-electron chi connectivity index (χ1n) is 7.11. The van der Waals surface area contributed by atoms with E-state index in [1.54, 1.807) is 0 Å². The summed E-state index contributed by atoms with van der Waals surface area (Å²) in [6.07, 6.45) is 3.95. The second kappa shape index (κ2) is 6.94. The fraction of sp³-hybridized carbons (Fsp3) is 0.800. The van der Waals surface area contributed by atoms with Crippen molar-refractivity contribution in [3.05, 3.63) is 11.6 Å². The van der Waals surface area contributed by atoms with Crippen molar-refractivity contribution in [2.24, 2.45) is 0 Å². The molecule has 1 N–H and O–H groups in total. The summed E-state index contributed by atoms with van der Waals surface area (Å²) in [5.74, 6) is 0. The van der Waals surface area contributed by atoms with Gasteiger partial charge in [-0.3, -0.25) is 4.90 Å². The summed E-state index contributed by atoms with van der Waals surface area (Å²) < 4.78 is 5.27. The Labute approximate surface area is 117 Å². The van der Waals surface area contributed by atoms with E-state index in [9.17, 15) is 4.79 Å². The van der Waals surface area contributed by atoms with Gasteiger partial charge in [-0.2, -0.15) is 0 Å². The molecule has 0 aromatic heterocycles. The number of piperidine rings is 1. The van der Waals surface area contributed by atoms with E-state index in [2.05, 4.69) is 30.1 Å². The minimum absolute atomic E-state index is 0.248. The Kier molecular flexibility index (Phi) is 5.85. The molecule has 19 heavy (non-hydrogen) atoms. The number of nitrogens with zero attached hydrogens (tertiary/aromatic N) is 1. The normalized spacial score (nSPS) is 17.9. The Hall–Kier alpha value is -1.03. The molecule has 0 bridgehead atoms. The fourth-order valence-electron chi connectivity index (χ4n) is 2.05. The summed E-state index contributed by atoms with van der Waals surface area (Å²) in [6.45, 7) is 13.0. The highest BCUT2D eigenvalue weighted by Gasteiger charge is 2.22. The maximum Gasteiger partial charge on any atom is 0.407 e. The van der Waals surface area contributed by atoms with Crippen molar-refractivity contribution in [3.8, 4) is 0 Å². The van der Waals surface area contributed by atoms with Gasteiger partial charge in [-0.1, -0.05) is 11.6 Å². The zero-order valence-electron chi connectivity index (χ0n) is 13.0. The lowest BCUT2D eigenvalue weighted by Crippen LogP contribution is -2.46. The second-order valence-electron chi connectivity index (χ2n) is 6.50. The zero-order valence-corrected chi connectivity index (χ0v) is 13.0. The summed E-state index contributed by atoms with van der Waals surface area (Å²) in [7, 11) is 0. The Balaban J connectivity index is 2.27. The molecule has 1 saturated heterocycles. The first-order valence-corrected chi connectivity index (χ1v) is 7.11. The topological polar surface area (TPSA) is 41.6 Å². The van der Waals surface area contributed by atoms with Crippen molar-refractivity contribution in [1.29, 1.82) is 0 Å². The largest absolute Gasteiger partial charge is 0.444 e. The molecule has 110 valence electrons. The van der Waals surface area contributed by atoms with E-state index >= 15 is 0 Å². The lowest BCUT2D eigenvalue weighted by molar-refractivity contribution is 0.0481. The molecule has 0 aliphatic carbocycles. The van der Waals surface area contributed by atoms with Crippen LogP contribution < -0.4 is 5.32 Å². The van der Waals surface area contributed by atoms with E-state index in [1.807, 2.05) is 20.8 Å². The van der Waals surface area contributed by atoms with Gasteiger partial charge in [0.2, 0.25) is 0 Å². The van der Waals surface area contributed by atoms with Crippen LogP contribution in [0.25, 0.3) is 0 Å².